The molecule has 0 bridgehead atoms. The van der Waals surface area contributed by atoms with Crippen LogP contribution in [0.3, 0.4) is 0 Å². The second-order valence-electron chi connectivity index (χ2n) is 7.27. The largest absolute Gasteiger partial charge is 0.497 e. The van der Waals surface area contributed by atoms with E-state index >= 15 is 0 Å². The average Bonchev–Trinajstić information content (AvgIpc) is 2.67. The monoisotopic (exact) mass is 364 g/mol. The van der Waals surface area contributed by atoms with Crippen LogP contribution >= 0.6 is 0 Å². The molecular weight excluding hydrogens is 340 g/mol. The third-order valence-electron chi connectivity index (χ3n) is 5.04. The summed E-state index contributed by atoms with van der Waals surface area (Å²) >= 11 is 0. The fourth-order valence-corrected chi connectivity index (χ4v) is 3.80. The summed E-state index contributed by atoms with van der Waals surface area (Å²) in [5.41, 5.74) is 1.60. The number of rotatable bonds is 3. The van der Waals surface area contributed by atoms with Crippen LogP contribution in [0.15, 0.2) is 57.7 Å². The van der Waals surface area contributed by atoms with Gasteiger partial charge in [0.1, 0.15) is 11.5 Å². The summed E-state index contributed by atoms with van der Waals surface area (Å²) in [4.78, 5) is 15.0. The molecule has 5 heteroatoms. The summed E-state index contributed by atoms with van der Waals surface area (Å²) in [5.74, 6) is 1.33. The summed E-state index contributed by atoms with van der Waals surface area (Å²) in [6.45, 7) is 6.20. The highest BCUT2D eigenvalue weighted by Gasteiger charge is 2.21. The maximum atomic E-state index is 12.6. The highest BCUT2D eigenvalue weighted by atomic mass is 16.5. The van der Waals surface area contributed by atoms with Gasteiger partial charge in [0.25, 0.3) is 0 Å². The lowest BCUT2D eigenvalue weighted by Crippen LogP contribution is -2.54. The van der Waals surface area contributed by atoms with Gasteiger partial charge < -0.3 is 19.4 Å². The van der Waals surface area contributed by atoms with Gasteiger partial charge in [-0.1, -0.05) is 6.07 Å². The molecule has 2 atom stereocenters. The van der Waals surface area contributed by atoms with Gasteiger partial charge in [-0.05, 0) is 61.7 Å². The second kappa shape index (κ2) is 7.08. The van der Waals surface area contributed by atoms with Crippen LogP contribution in [0.5, 0.6) is 5.75 Å². The number of hydrogen-bond donors (Lipinski definition) is 1. The predicted octanol–water partition coefficient (Wildman–Crippen LogP) is 3.66. The molecule has 2 aromatic carbocycles. The highest BCUT2D eigenvalue weighted by Crippen LogP contribution is 2.27. The maximum Gasteiger partial charge on any atom is 0.344 e. The smallest absolute Gasteiger partial charge is 0.344 e. The lowest BCUT2D eigenvalue weighted by molar-refractivity contribution is 0.407. The van der Waals surface area contributed by atoms with E-state index < -0.39 is 0 Å². The lowest BCUT2D eigenvalue weighted by atomic mass is 10.1. The molecule has 4 rings (SSSR count). The molecule has 1 aliphatic heterocycles. The molecule has 0 radical (unpaired) electrons. The first kappa shape index (κ1) is 17.6. The minimum atomic E-state index is -0.309. The Kier molecular flexibility index (Phi) is 4.62. The maximum absolute atomic E-state index is 12.6. The molecular formula is C22H24N2O3. The molecule has 1 aromatic heterocycles. The Hall–Kier alpha value is -2.79. The van der Waals surface area contributed by atoms with E-state index in [4.69, 9.17) is 9.15 Å². The molecule has 0 aliphatic carbocycles. The van der Waals surface area contributed by atoms with Crippen molar-refractivity contribution in [2.24, 2.45) is 0 Å². The number of ether oxygens (including phenoxy) is 1. The first-order valence-corrected chi connectivity index (χ1v) is 9.27. The summed E-state index contributed by atoms with van der Waals surface area (Å²) in [6, 6.07) is 16.3. The van der Waals surface area contributed by atoms with Crippen molar-refractivity contribution in [3.05, 3.63) is 59.0 Å². The van der Waals surface area contributed by atoms with Gasteiger partial charge in [-0.2, -0.15) is 0 Å². The van der Waals surface area contributed by atoms with E-state index in [0.717, 1.165) is 35.5 Å². The fraction of sp³-hybridized carbons (Fsp3) is 0.318. The number of methoxy groups -OCH3 is 1. The number of piperazine rings is 1. The van der Waals surface area contributed by atoms with Crippen LogP contribution in [-0.2, 0) is 0 Å². The third-order valence-corrected chi connectivity index (χ3v) is 5.04. The van der Waals surface area contributed by atoms with Crippen molar-refractivity contribution in [2.45, 2.75) is 25.9 Å². The van der Waals surface area contributed by atoms with E-state index in [0.29, 0.717) is 23.2 Å². The molecule has 27 heavy (non-hydrogen) atoms. The van der Waals surface area contributed by atoms with E-state index in [-0.39, 0.29) is 5.63 Å². The van der Waals surface area contributed by atoms with Crippen molar-refractivity contribution in [3.8, 4) is 17.1 Å². The normalized spacial score (nSPS) is 20.0. The quantitative estimate of drug-likeness (QED) is 0.769. The van der Waals surface area contributed by atoms with E-state index in [1.165, 1.54) is 0 Å². The Morgan fingerprint density at radius 1 is 1.04 bits per heavy atom. The predicted molar refractivity (Wildman–Crippen MR) is 109 cm³/mol. The van der Waals surface area contributed by atoms with Crippen LogP contribution in [0.25, 0.3) is 22.1 Å². The van der Waals surface area contributed by atoms with Gasteiger partial charge in [0.2, 0.25) is 0 Å². The molecule has 1 saturated heterocycles. The van der Waals surface area contributed by atoms with Crippen LogP contribution < -0.4 is 20.6 Å². The highest BCUT2D eigenvalue weighted by molar-refractivity contribution is 5.87. The molecule has 1 N–H and O–H groups in total. The van der Waals surface area contributed by atoms with Crippen LogP contribution in [0, 0.1) is 0 Å². The number of benzene rings is 2. The van der Waals surface area contributed by atoms with Gasteiger partial charge in [-0.15, -0.1) is 0 Å². The fourth-order valence-electron chi connectivity index (χ4n) is 3.80. The number of hydrogen-bond acceptors (Lipinski definition) is 5. The van der Waals surface area contributed by atoms with Gasteiger partial charge in [-0.3, -0.25) is 0 Å². The Labute approximate surface area is 158 Å². The Balaban J connectivity index is 1.71. The van der Waals surface area contributed by atoms with Crippen LogP contribution in [0.2, 0.25) is 0 Å². The van der Waals surface area contributed by atoms with E-state index in [1.807, 2.05) is 42.5 Å². The molecule has 1 fully saturated rings. The number of nitrogens with zero attached hydrogens (tertiary/aromatic N) is 1. The Bertz CT molecular complexity index is 1000. The molecule has 3 aromatic rings. The molecule has 2 unspecified atom stereocenters. The van der Waals surface area contributed by atoms with Gasteiger partial charge >= 0.3 is 5.63 Å². The zero-order valence-electron chi connectivity index (χ0n) is 15.9. The van der Waals surface area contributed by atoms with Crippen molar-refractivity contribution in [2.75, 3.05) is 25.1 Å². The van der Waals surface area contributed by atoms with Crippen LogP contribution in [-0.4, -0.2) is 32.3 Å². The second-order valence-corrected chi connectivity index (χ2v) is 7.27. The summed E-state index contributed by atoms with van der Waals surface area (Å²) in [5, 5.41) is 5.03. The third kappa shape index (κ3) is 3.55. The lowest BCUT2D eigenvalue weighted by Gasteiger charge is -2.37. The van der Waals surface area contributed by atoms with Crippen molar-refractivity contribution in [1.82, 2.24) is 5.32 Å². The molecule has 1 aliphatic rings. The zero-order chi connectivity index (χ0) is 19.0. The molecule has 2 heterocycles. The Morgan fingerprint density at radius 3 is 2.41 bits per heavy atom. The topological polar surface area (TPSA) is 54.7 Å². The molecule has 0 spiro atoms. The van der Waals surface area contributed by atoms with Crippen molar-refractivity contribution >= 4 is 16.5 Å². The minimum absolute atomic E-state index is 0.309. The van der Waals surface area contributed by atoms with Gasteiger partial charge in [0, 0.05) is 36.4 Å². The minimum Gasteiger partial charge on any atom is -0.497 e. The van der Waals surface area contributed by atoms with Crippen molar-refractivity contribution in [1.29, 1.82) is 0 Å². The average molecular weight is 364 g/mol. The van der Waals surface area contributed by atoms with E-state index in [9.17, 15) is 4.79 Å². The Morgan fingerprint density at radius 2 is 1.74 bits per heavy atom. The summed E-state index contributed by atoms with van der Waals surface area (Å²) < 4.78 is 10.8. The van der Waals surface area contributed by atoms with Gasteiger partial charge in [0.05, 0.1) is 12.5 Å². The standard InChI is InChI=1S/C22H24N2O3/c1-14-12-24(13-15(2)23-14)18-7-4-17-10-21(27-22(25)20(17)11-18)16-5-8-19(26-3)9-6-16/h4-11,14-15,23H,12-13H2,1-3H3. The van der Waals surface area contributed by atoms with Crippen LogP contribution in [0.1, 0.15) is 13.8 Å². The zero-order valence-corrected chi connectivity index (χ0v) is 15.9. The molecule has 0 saturated carbocycles. The molecule has 5 nitrogen and oxygen atoms in total. The molecule has 140 valence electrons. The number of nitrogens with one attached hydrogen (secondary N) is 1. The van der Waals surface area contributed by atoms with Crippen molar-refractivity contribution < 1.29 is 9.15 Å². The SMILES string of the molecule is COc1ccc(-c2cc3ccc(N4CC(C)NC(C)C4)cc3c(=O)o2)cc1. The van der Waals surface area contributed by atoms with Crippen molar-refractivity contribution in [3.63, 3.8) is 0 Å². The first-order valence-electron chi connectivity index (χ1n) is 9.27. The number of fused-ring (bicyclic) bond motifs is 1. The summed E-state index contributed by atoms with van der Waals surface area (Å²) in [6.07, 6.45) is 0. The van der Waals surface area contributed by atoms with E-state index in [1.54, 1.807) is 7.11 Å². The van der Waals surface area contributed by atoms with Gasteiger partial charge in [0.15, 0.2) is 0 Å². The summed E-state index contributed by atoms with van der Waals surface area (Å²) in [7, 11) is 1.63. The van der Waals surface area contributed by atoms with Gasteiger partial charge in [-0.25, -0.2) is 4.79 Å². The number of anilines is 1. The first-order chi connectivity index (χ1) is 13.0. The molecule has 0 amide bonds. The van der Waals surface area contributed by atoms with E-state index in [2.05, 4.69) is 30.1 Å². The van der Waals surface area contributed by atoms with Crippen LogP contribution in [0.4, 0.5) is 5.69 Å².